The maximum atomic E-state index is 13.7. The number of carbonyl (C=O) groups is 2. The second kappa shape index (κ2) is 13.4. The smallest absolute Gasteiger partial charge is 0.244 e. The molecule has 0 heterocycles. The summed E-state index contributed by atoms with van der Waals surface area (Å²) in [5.74, 6) is 0.0527. The summed E-state index contributed by atoms with van der Waals surface area (Å²) in [6, 6.07) is 10.8. The first kappa shape index (κ1) is 29.3. The number of hydrogen-bond donors (Lipinski definition) is 1. The van der Waals surface area contributed by atoms with Crippen molar-refractivity contribution in [3.63, 3.8) is 0 Å². The average Bonchev–Trinajstić information content (AvgIpc) is 2.85. The van der Waals surface area contributed by atoms with Crippen molar-refractivity contribution >= 4 is 39.1 Å². The number of halogens is 1. The molecule has 2 amide bonds. The molecule has 0 saturated heterocycles. The lowest BCUT2D eigenvalue weighted by Crippen LogP contribution is -2.52. The Morgan fingerprint density at radius 1 is 1.06 bits per heavy atom. The predicted octanol–water partition coefficient (Wildman–Crippen LogP) is 3.46. The van der Waals surface area contributed by atoms with E-state index in [1.807, 2.05) is 6.92 Å². The molecule has 1 unspecified atom stereocenters. The summed E-state index contributed by atoms with van der Waals surface area (Å²) in [4.78, 5) is 28.1. The summed E-state index contributed by atoms with van der Waals surface area (Å²) in [6.45, 7) is 3.77. The van der Waals surface area contributed by atoms with E-state index < -0.39 is 28.5 Å². The summed E-state index contributed by atoms with van der Waals surface area (Å²) >= 11 is 6.13. The highest BCUT2D eigenvalue weighted by Crippen LogP contribution is 2.33. The Morgan fingerprint density at radius 2 is 1.72 bits per heavy atom. The number of rotatable bonds is 13. The Kier molecular flexibility index (Phi) is 10.9. The molecule has 0 aliphatic heterocycles. The van der Waals surface area contributed by atoms with E-state index in [9.17, 15) is 18.0 Å². The molecule has 2 aromatic rings. The van der Waals surface area contributed by atoms with Crippen molar-refractivity contribution in [2.45, 2.75) is 39.3 Å². The van der Waals surface area contributed by atoms with Crippen LogP contribution >= 0.6 is 11.6 Å². The first-order chi connectivity index (χ1) is 17.0. The number of ether oxygens (including phenoxy) is 2. The first-order valence-electron chi connectivity index (χ1n) is 11.6. The van der Waals surface area contributed by atoms with Gasteiger partial charge in [0.25, 0.3) is 0 Å². The first-order valence-corrected chi connectivity index (χ1v) is 13.8. The molecule has 2 rings (SSSR count). The lowest BCUT2D eigenvalue weighted by Gasteiger charge is -2.33. The standard InChI is InChI=1S/C25H34ClN3O6S/c1-6-14-27-25(31)21(7-2)28(16-18-8-11-20(34-3)12-9-18)24(30)17-29(36(5,32)33)22-15-19(26)10-13-23(22)35-4/h8-13,15,21H,6-7,14,16-17H2,1-5H3,(H,27,31). The van der Waals surface area contributed by atoms with Gasteiger partial charge < -0.3 is 19.7 Å². The van der Waals surface area contributed by atoms with Crippen molar-refractivity contribution in [2.75, 3.05) is 37.9 Å². The van der Waals surface area contributed by atoms with Gasteiger partial charge in [0.2, 0.25) is 21.8 Å². The Hall–Kier alpha value is -2.98. The average molecular weight is 540 g/mol. The third-order valence-electron chi connectivity index (χ3n) is 5.54. The number of benzene rings is 2. The second-order valence-corrected chi connectivity index (χ2v) is 10.5. The summed E-state index contributed by atoms with van der Waals surface area (Å²) in [7, 11) is -0.960. The normalized spacial score (nSPS) is 11.9. The van der Waals surface area contributed by atoms with Crippen LogP contribution in [0.25, 0.3) is 0 Å². The topological polar surface area (TPSA) is 105 Å². The van der Waals surface area contributed by atoms with Gasteiger partial charge in [-0.2, -0.15) is 0 Å². The number of anilines is 1. The van der Waals surface area contributed by atoms with E-state index in [1.165, 1.54) is 24.1 Å². The molecule has 0 aromatic heterocycles. The van der Waals surface area contributed by atoms with Crippen molar-refractivity contribution in [3.05, 3.63) is 53.1 Å². The van der Waals surface area contributed by atoms with Crippen LogP contribution in [0.1, 0.15) is 32.3 Å². The number of amides is 2. The molecule has 1 N–H and O–H groups in total. The van der Waals surface area contributed by atoms with E-state index in [-0.39, 0.29) is 28.9 Å². The van der Waals surface area contributed by atoms with Gasteiger partial charge in [0, 0.05) is 18.1 Å². The fourth-order valence-corrected chi connectivity index (χ4v) is 4.68. The zero-order chi connectivity index (χ0) is 26.9. The monoisotopic (exact) mass is 539 g/mol. The molecule has 0 fully saturated rings. The fourth-order valence-electron chi connectivity index (χ4n) is 3.67. The van der Waals surface area contributed by atoms with Crippen LogP contribution in [-0.4, -0.2) is 64.7 Å². The van der Waals surface area contributed by atoms with Crippen molar-refractivity contribution in [2.24, 2.45) is 0 Å². The van der Waals surface area contributed by atoms with Gasteiger partial charge in [-0.15, -0.1) is 0 Å². The van der Waals surface area contributed by atoms with Crippen LogP contribution in [-0.2, 0) is 26.2 Å². The number of sulfonamides is 1. The number of hydrogen-bond acceptors (Lipinski definition) is 6. The lowest BCUT2D eigenvalue weighted by atomic mass is 10.1. The molecule has 0 aliphatic rings. The van der Waals surface area contributed by atoms with Crippen molar-refractivity contribution < 1.29 is 27.5 Å². The van der Waals surface area contributed by atoms with E-state index in [0.29, 0.717) is 18.7 Å². The third-order valence-corrected chi connectivity index (χ3v) is 6.90. The minimum Gasteiger partial charge on any atom is -0.497 e. The molecule has 36 heavy (non-hydrogen) atoms. The molecule has 0 radical (unpaired) electrons. The van der Waals surface area contributed by atoms with Gasteiger partial charge in [-0.25, -0.2) is 8.42 Å². The second-order valence-electron chi connectivity index (χ2n) is 8.17. The van der Waals surface area contributed by atoms with Gasteiger partial charge in [-0.3, -0.25) is 13.9 Å². The molecule has 0 bridgehead atoms. The van der Waals surface area contributed by atoms with Gasteiger partial charge in [0.15, 0.2) is 0 Å². The van der Waals surface area contributed by atoms with Gasteiger partial charge >= 0.3 is 0 Å². The number of methoxy groups -OCH3 is 2. The van der Waals surface area contributed by atoms with Crippen LogP contribution in [0.15, 0.2) is 42.5 Å². The maximum Gasteiger partial charge on any atom is 0.244 e. The summed E-state index contributed by atoms with van der Waals surface area (Å²) < 4.78 is 37.0. The van der Waals surface area contributed by atoms with E-state index in [2.05, 4.69) is 5.32 Å². The summed E-state index contributed by atoms with van der Waals surface area (Å²) in [5.41, 5.74) is 0.894. The Labute approximate surface area is 218 Å². The molecule has 198 valence electrons. The highest BCUT2D eigenvalue weighted by atomic mass is 35.5. The zero-order valence-corrected chi connectivity index (χ0v) is 22.9. The Balaban J connectivity index is 2.48. The fraction of sp³-hybridized carbons (Fsp3) is 0.440. The van der Waals surface area contributed by atoms with Crippen molar-refractivity contribution in [1.82, 2.24) is 10.2 Å². The molecular weight excluding hydrogens is 506 g/mol. The quantitative estimate of drug-likeness (QED) is 0.418. The highest BCUT2D eigenvalue weighted by Gasteiger charge is 2.32. The maximum absolute atomic E-state index is 13.7. The van der Waals surface area contributed by atoms with Gasteiger partial charge in [-0.05, 0) is 48.7 Å². The molecule has 2 aromatic carbocycles. The van der Waals surface area contributed by atoms with Gasteiger partial charge in [-0.1, -0.05) is 37.6 Å². The Bertz CT molecular complexity index is 1140. The zero-order valence-electron chi connectivity index (χ0n) is 21.3. The third kappa shape index (κ3) is 7.76. The van der Waals surface area contributed by atoms with Gasteiger partial charge in [0.05, 0.1) is 26.2 Å². The molecule has 11 heteroatoms. The van der Waals surface area contributed by atoms with Crippen LogP contribution in [0.2, 0.25) is 5.02 Å². The lowest BCUT2D eigenvalue weighted by molar-refractivity contribution is -0.140. The van der Waals surface area contributed by atoms with E-state index >= 15 is 0 Å². The molecule has 0 spiro atoms. The molecule has 0 saturated carbocycles. The predicted molar refractivity (Wildman–Crippen MR) is 141 cm³/mol. The number of nitrogens with zero attached hydrogens (tertiary/aromatic N) is 2. The SMILES string of the molecule is CCCNC(=O)C(CC)N(Cc1ccc(OC)cc1)C(=O)CN(c1cc(Cl)ccc1OC)S(C)(=O)=O. The van der Waals surface area contributed by atoms with Crippen LogP contribution in [0.5, 0.6) is 11.5 Å². The molecule has 1 atom stereocenters. The number of carbonyl (C=O) groups excluding carboxylic acids is 2. The highest BCUT2D eigenvalue weighted by molar-refractivity contribution is 7.92. The molecule has 0 aliphatic carbocycles. The molecule has 9 nitrogen and oxygen atoms in total. The molecular formula is C25H34ClN3O6S. The van der Waals surface area contributed by atoms with Crippen LogP contribution in [0, 0.1) is 0 Å². The van der Waals surface area contributed by atoms with Crippen LogP contribution < -0.4 is 19.1 Å². The van der Waals surface area contributed by atoms with Crippen LogP contribution in [0.4, 0.5) is 5.69 Å². The minimum absolute atomic E-state index is 0.102. The van der Waals surface area contributed by atoms with E-state index in [1.54, 1.807) is 44.4 Å². The largest absolute Gasteiger partial charge is 0.497 e. The summed E-state index contributed by atoms with van der Waals surface area (Å²) in [5, 5.41) is 3.13. The van der Waals surface area contributed by atoms with E-state index in [4.69, 9.17) is 21.1 Å². The van der Waals surface area contributed by atoms with Gasteiger partial charge in [0.1, 0.15) is 24.1 Å². The number of nitrogens with one attached hydrogen (secondary N) is 1. The van der Waals surface area contributed by atoms with Crippen molar-refractivity contribution in [1.29, 1.82) is 0 Å². The minimum atomic E-state index is -3.91. The van der Waals surface area contributed by atoms with Crippen molar-refractivity contribution in [3.8, 4) is 11.5 Å². The Morgan fingerprint density at radius 3 is 2.25 bits per heavy atom. The summed E-state index contributed by atoms with van der Waals surface area (Å²) in [6.07, 6.45) is 2.08. The van der Waals surface area contributed by atoms with E-state index in [0.717, 1.165) is 22.5 Å². The van der Waals surface area contributed by atoms with Crippen LogP contribution in [0.3, 0.4) is 0 Å².